The van der Waals surface area contributed by atoms with E-state index in [1.165, 1.54) is 16.8 Å². The van der Waals surface area contributed by atoms with E-state index in [0.717, 1.165) is 16.6 Å². The Kier molecular flexibility index (Phi) is 6.39. The second kappa shape index (κ2) is 10.2. The number of H-pyrrole nitrogens is 1. The standard InChI is InChI=1S/C29H26N6O5/c1-40-23-11-9-19(10-12-23)25-18-27(34(31-25)21-5-4-6-22(17-21)35(38)39)28(36)32-15-13-20(14-16-32)33-26-8-3-2-7-24(26)30-29(33)37/h2-12,17-18,20H,13-16H2,1H3,(H,30,37). The number of ether oxygens (including phenoxy) is 1. The number of piperidine rings is 1. The summed E-state index contributed by atoms with van der Waals surface area (Å²) in [7, 11) is 1.58. The Bertz CT molecular complexity index is 1780. The molecule has 6 rings (SSSR count). The lowest BCUT2D eigenvalue weighted by atomic mass is 10.0. The molecule has 3 aromatic carbocycles. The summed E-state index contributed by atoms with van der Waals surface area (Å²) >= 11 is 0. The molecule has 0 unspecified atom stereocenters. The van der Waals surface area contributed by atoms with Crippen LogP contribution in [0.25, 0.3) is 28.0 Å². The van der Waals surface area contributed by atoms with Crippen molar-refractivity contribution in [3.05, 3.63) is 105 Å². The lowest BCUT2D eigenvalue weighted by molar-refractivity contribution is -0.384. The van der Waals surface area contributed by atoms with Crippen LogP contribution in [0.2, 0.25) is 0 Å². The lowest BCUT2D eigenvalue weighted by Gasteiger charge is -2.32. The van der Waals surface area contributed by atoms with Crippen LogP contribution in [-0.4, -0.2) is 55.3 Å². The SMILES string of the molecule is COc1ccc(-c2cc(C(=O)N3CCC(n4c(=O)[nH]c5ccccc54)CC3)n(-c3cccc([N+](=O)[O-])c3)n2)cc1. The number of nitrogens with zero attached hydrogens (tertiary/aromatic N) is 5. The van der Waals surface area contributed by atoms with Gasteiger partial charge < -0.3 is 14.6 Å². The normalized spacial score (nSPS) is 14.0. The number of aromatic amines is 1. The molecule has 1 aliphatic rings. The predicted molar refractivity (Wildman–Crippen MR) is 149 cm³/mol. The highest BCUT2D eigenvalue weighted by Crippen LogP contribution is 2.29. The number of likely N-dealkylation sites (tertiary alicyclic amines) is 1. The van der Waals surface area contributed by atoms with Crippen molar-refractivity contribution in [3.63, 3.8) is 0 Å². The second-order valence-corrected chi connectivity index (χ2v) is 9.67. The molecule has 0 atom stereocenters. The molecule has 0 aliphatic carbocycles. The van der Waals surface area contributed by atoms with Crippen molar-refractivity contribution >= 4 is 22.6 Å². The number of rotatable bonds is 6. The van der Waals surface area contributed by atoms with Gasteiger partial charge in [-0.05, 0) is 61.4 Å². The molecule has 1 amide bonds. The molecule has 40 heavy (non-hydrogen) atoms. The smallest absolute Gasteiger partial charge is 0.326 e. The molecule has 2 aromatic heterocycles. The number of nitrogens with one attached hydrogen (secondary N) is 1. The minimum atomic E-state index is -0.476. The first kappa shape index (κ1) is 25.1. The fourth-order valence-corrected chi connectivity index (χ4v) is 5.30. The molecule has 3 heterocycles. The number of amides is 1. The van der Waals surface area contributed by atoms with Crippen molar-refractivity contribution in [1.82, 2.24) is 24.2 Å². The molecule has 11 heteroatoms. The third-order valence-electron chi connectivity index (χ3n) is 7.34. The van der Waals surface area contributed by atoms with Crippen molar-refractivity contribution in [1.29, 1.82) is 0 Å². The van der Waals surface area contributed by atoms with Gasteiger partial charge >= 0.3 is 5.69 Å². The Morgan fingerprint density at radius 3 is 2.50 bits per heavy atom. The number of para-hydroxylation sites is 2. The van der Waals surface area contributed by atoms with E-state index in [4.69, 9.17) is 4.74 Å². The van der Waals surface area contributed by atoms with Gasteiger partial charge in [-0.3, -0.25) is 19.5 Å². The quantitative estimate of drug-likeness (QED) is 0.249. The summed E-state index contributed by atoms with van der Waals surface area (Å²) in [4.78, 5) is 42.2. The number of carbonyl (C=O) groups excluding carboxylic acids is 1. The molecule has 0 bridgehead atoms. The lowest BCUT2D eigenvalue weighted by Crippen LogP contribution is -2.41. The summed E-state index contributed by atoms with van der Waals surface area (Å²) in [5, 5.41) is 16.1. The molecule has 1 saturated heterocycles. The number of non-ortho nitro benzene ring substituents is 1. The molecule has 11 nitrogen and oxygen atoms in total. The molecular weight excluding hydrogens is 512 g/mol. The average molecular weight is 539 g/mol. The number of benzene rings is 3. The van der Waals surface area contributed by atoms with E-state index < -0.39 is 4.92 Å². The molecule has 1 aliphatic heterocycles. The zero-order chi connectivity index (χ0) is 27.8. The van der Waals surface area contributed by atoms with Crippen molar-refractivity contribution in [2.75, 3.05) is 20.2 Å². The zero-order valence-electron chi connectivity index (χ0n) is 21.7. The number of imidazole rings is 1. The van der Waals surface area contributed by atoms with Crippen LogP contribution in [0.5, 0.6) is 5.75 Å². The number of nitro groups is 1. The summed E-state index contributed by atoms with van der Waals surface area (Å²) in [5.74, 6) is 0.457. The van der Waals surface area contributed by atoms with Gasteiger partial charge in [0, 0.05) is 36.8 Å². The number of aromatic nitrogens is 4. The monoisotopic (exact) mass is 538 g/mol. The van der Waals surface area contributed by atoms with Gasteiger partial charge in [0.05, 0.1) is 34.4 Å². The third kappa shape index (κ3) is 4.51. The number of nitro benzene ring substituents is 1. The Labute approximate surface area is 228 Å². The molecule has 1 N–H and O–H groups in total. The first-order chi connectivity index (χ1) is 19.4. The van der Waals surface area contributed by atoms with E-state index in [1.807, 2.05) is 36.4 Å². The van der Waals surface area contributed by atoms with Crippen LogP contribution in [-0.2, 0) is 0 Å². The van der Waals surface area contributed by atoms with E-state index >= 15 is 0 Å². The minimum Gasteiger partial charge on any atom is -0.497 e. The molecule has 202 valence electrons. The van der Waals surface area contributed by atoms with Gasteiger partial charge in [-0.25, -0.2) is 9.48 Å². The maximum absolute atomic E-state index is 13.9. The molecular formula is C29H26N6O5. The number of carbonyl (C=O) groups is 1. The van der Waals surface area contributed by atoms with Crippen LogP contribution in [0.1, 0.15) is 29.4 Å². The summed E-state index contributed by atoms with van der Waals surface area (Å²) < 4.78 is 8.50. The van der Waals surface area contributed by atoms with E-state index in [0.29, 0.717) is 48.8 Å². The Morgan fingerprint density at radius 2 is 1.77 bits per heavy atom. The fourth-order valence-electron chi connectivity index (χ4n) is 5.30. The Hall–Kier alpha value is -5.19. The van der Waals surface area contributed by atoms with E-state index in [9.17, 15) is 19.7 Å². The summed E-state index contributed by atoms with van der Waals surface area (Å²) in [6.07, 6.45) is 1.23. The van der Waals surface area contributed by atoms with Gasteiger partial charge in [0.2, 0.25) is 0 Å². The number of fused-ring (bicyclic) bond motifs is 1. The van der Waals surface area contributed by atoms with Crippen LogP contribution in [0.3, 0.4) is 0 Å². The van der Waals surface area contributed by atoms with Gasteiger partial charge in [-0.1, -0.05) is 18.2 Å². The van der Waals surface area contributed by atoms with Crippen LogP contribution >= 0.6 is 0 Å². The highest BCUT2D eigenvalue weighted by molar-refractivity contribution is 5.94. The first-order valence-electron chi connectivity index (χ1n) is 12.9. The zero-order valence-corrected chi connectivity index (χ0v) is 21.7. The highest BCUT2D eigenvalue weighted by Gasteiger charge is 2.29. The van der Waals surface area contributed by atoms with Gasteiger partial charge in [0.25, 0.3) is 11.6 Å². The largest absolute Gasteiger partial charge is 0.497 e. The Balaban J connectivity index is 1.31. The van der Waals surface area contributed by atoms with Crippen molar-refractivity contribution in [3.8, 4) is 22.7 Å². The molecule has 0 radical (unpaired) electrons. The predicted octanol–water partition coefficient (Wildman–Crippen LogP) is 4.58. The van der Waals surface area contributed by atoms with E-state index in [2.05, 4.69) is 10.1 Å². The van der Waals surface area contributed by atoms with E-state index in [-0.39, 0.29) is 23.3 Å². The third-order valence-corrected chi connectivity index (χ3v) is 7.34. The van der Waals surface area contributed by atoms with Crippen LogP contribution in [0, 0.1) is 10.1 Å². The van der Waals surface area contributed by atoms with E-state index in [1.54, 1.807) is 46.9 Å². The molecule has 5 aromatic rings. The van der Waals surface area contributed by atoms with Gasteiger partial charge in [0.1, 0.15) is 11.4 Å². The summed E-state index contributed by atoms with van der Waals surface area (Å²) in [5.41, 5.74) is 3.44. The van der Waals surface area contributed by atoms with Crippen LogP contribution < -0.4 is 10.4 Å². The maximum atomic E-state index is 13.9. The fraction of sp³-hybridized carbons (Fsp3) is 0.207. The molecule has 0 saturated carbocycles. The van der Waals surface area contributed by atoms with Gasteiger partial charge in [0.15, 0.2) is 0 Å². The maximum Gasteiger partial charge on any atom is 0.326 e. The van der Waals surface area contributed by atoms with Gasteiger partial charge in [-0.15, -0.1) is 0 Å². The van der Waals surface area contributed by atoms with Crippen molar-refractivity contribution < 1.29 is 14.5 Å². The second-order valence-electron chi connectivity index (χ2n) is 9.67. The molecule has 1 fully saturated rings. The number of hydrogen-bond acceptors (Lipinski definition) is 6. The number of hydrogen-bond donors (Lipinski definition) is 1. The van der Waals surface area contributed by atoms with Gasteiger partial charge in [-0.2, -0.15) is 5.10 Å². The van der Waals surface area contributed by atoms with Crippen LogP contribution in [0.4, 0.5) is 5.69 Å². The van der Waals surface area contributed by atoms with Crippen molar-refractivity contribution in [2.45, 2.75) is 18.9 Å². The topological polar surface area (TPSA) is 128 Å². The highest BCUT2D eigenvalue weighted by atomic mass is 16.6. The van der Waals surface area contributed by atoms with Crippen LogP contribution in [0.15, 0.2) is 83.7 Å². The Morgan fingerprint density at radius 1 is 1.02 bits per heavy atom. The average Bonchev–Trinajstić information content (AvgIpc) is 3.58. The summed E-state index contributed by atoms with van der Waals surface area (Å²) in [6.45, 7) is 0.904. The number of methoxy groups -OCH3 is 1. The minimum absolute atomic E-state index is 0.0377. The van der Waals surface area contributed by atoms with Crippen molar-refractivity contribution in [2.24, 2.45) is 0 Å². The molecule has 0 spiro atoms. The summed E-state index contributed by atoms with van der Waals surface area (Å²) in [6, 6.07) is 22.6. The first-order valence-corrected chi connectivity index (χ1v) is 12.9.